The summed E-state index contributed by atoms with van der Waals surface area (Å²) in [5.74, 6) is 8.14. The Morgan fingerprint density at radius 1 is 0.667 bits per heavy atom. The second kappa shape index (κ2) is 8.33. The van der Waals surface area contributed by atoms with Crippen molar-refractivity contribution in [1.82, 2.24) is 4.90 Å². The molecule has 106 valence electrons. The van der Waals surface area contributed by atoms with Gasteiger partial charge in [-0.05, 0) is 41.9 Å². The summed E-state index contributed by atoms with van der Waals surface area (Å²) in [4.78, 5) is 2.69. The van der Waals surface area contributed by atoms with E-state index in [9.17, 15) is 0 Å². The van der Waals surface area contributed by atoms with E-state index < -0.39 is 0 Å². The highest BCUT2D eigenvalue weighted by molar-refractivity contribution is 7.99. The first kappa shape index (κ1) is 15.4. The Morgan fingerprint density at radius 2 is 1.06 bits per heavy atom. The molecule has 0 aromatic carbocycles. The first-order chi connectivity index (χ1) is 8.79. The van der Waals surface area contributed by atoms with Gasteiger partial charge in [-0.3, -0.25) is 0 Å². The molecule has 3 aliphatic heterocycles. The van der Waals surface area contributed by atoms with Crippen LogP contribution in [0.15, 0.2) is 0 Å². The molecule has 3 rings (SSSR count). The van der Waals surface area contributed by atoms with Crippen LogP contribution in [0.4, 0.5) is 0 Å². The molecule has 0 amide bonds. The Morgan fingerprint density at radius 3 is 1.44 bits per heavy atom. The van der Waals surface area contributed by atoms with Gasteiger partial charge in [0, 0.05) is 36.9 Å². The Bertz CT molecular complexity index is 199. The first-order valence-electron chi connectivity index (χ1n) is 7.24. The Kier molecular flexibility index (Phi) is 7.13. The quantitative estimate of drug-likeness (QED) is 0.671. The summed E-state index contributed by atoms with van der Waals surface area (Å²) < 4.78 is 0. The van der Waals surface area contributed by atoms with Gasteiger partial charge in [0.2, 0.25) is 0 Å². The summed E-state index contributed by atoms with van der Waals surface area (Å²) in [5.41, 5.74) is 0.616. The molecular weight excluding hydrogens is 278 g/mol. The summed E-state index contributed by atoms with van der Waals surface area (Å²) in [6, 6.07) is 0. The number of rotatable bonds is 0. The summed E-state index contributed by atoms with van der Waals surface area (Å²) in [5, 5.41) is 0. The van der Waals surface area contributed by atoms with Crippen LogP contribution in [-0.4, -0.2) is 59.1 Å². The summed E-state index contributed by atoms with van der Waals surface area (Å²) in [6.45, 7) is 6.46. The van der Waals surface area contributed by atoms with Crippen molar-refractivity contribution in [2.24, 2.45) is 5.41 Å². The molecule has 0 saturated carbocycles. The van der Waals surface area contributed by atoms with Gasteiger partial charge in [0.25, 0.3) is 0 Å². The Labute approximate surface area is 126 Å². The lowest BCUT2D eigenvalue weighted by Crippen LogP contribution is -2.32. The molecule has 0 atom stereocenters. The van der Waals surface area contributed by atoms with Crippen molar-refractivity contribution >= 4 is 35.3 Å². The highest BCUT2D eigenvalue weighted by Gasteiger charge is 2.24. The zero-order valence-electron chi connectivity index (χ0n) is 11.7. The van der Waals surface area contributed by atoms with Crippen molar-refractivity contribution in [3.63, 3.8) is 0 Å². The molecule has 0 unspecified atom stereocenters. The van der Waals surface area contributed by atoms with Crippen molar-refractivity contribution in [1.29, 1.82) is 0 Å². The highest BCUT2D eigenvalue weighted by atomic mass is 32.2. The monoisotopic (exact) mass is 305 g/mol. The lowest BCUT2D eigenvalue weighted by molar-refractivity contribution is 0.292. The van der Waals surface area contributed by atoms with Gasteiger partial charge in [0.15, 0.2) is 0 Å². The van der Waals surface area contributed by atoms with Gasteiger partial charge in [-0.15, -0.1) is 0 Å². The molecule has 18 heavy (non-hydrogen) atoms. The van der Waals surface area contributed by atoms with Crippen molar-refractivity contribution in [2.75, 3.05) is 54.2 Å². The van der Waals surface area contributed by atoms with E-state index in [1.807, 2.05) is 0 Å². The molecule has 2 bridgehead atoms. The predicted molar refractivity (Wildman–Crippen MR) is 90.4 cm³/mol. The SMILES string of the molecule is CC12CCSCCN(CCSCC1)CCSCC2. The van der Waals surface area contributed by atoms with Gasteiger partial charge in [-0.2, -0.15) is 35.3 Å². The molecule has 3 saturated heterocycles. The van der Waals surface area contributed by atoms with E-state index in [2.05, 4.69) is 47.1 Å². The average molecular weight is 306 g/mol. The number of thioether (sulfide) groups is 3. The highest BCUT2D eigenvalue weighted by Crippen LogP contribution is 2.35. The van der Waals surface area contributed by atoms with Crippen molar-refractivity contribution in [3.05, 3.63) is 0 Å². The van der Waals surface area contributed by atoms with Crippen LogP contribution in [0.3, 0.4) is 0 Å². The lowest BCUT2D eigenvalue weighted by atomic mass is 9.82. The van der Waals surface area contributed by atoms with E-state index in [4.69, 9.17) is 0 Å². The molecule has 3 fully saturated rings. The fourth-order valence-corrected chi connectivity index (χ4v) is 6.24. The standard InChI is InChI=1S/C14H27NS3/c1-14-2-8-16-11-5-15(6-12-17-9-3-14)7-13-18-10-4-14/h2-13H2,1H3. The molecule has 0 aromatic heterocycles. The van der Waals surface area contributed by atoms with Crippen LogP contribution >= 0.6 is 35.3 Å². The second-order valence-electron chi connectivity index (χ2n) is 5.74. The predicted octanol–water partition coefficient (Wildman–Crippen LogP) is 3.69. The third-order valence-corrected chi connectivity index (χ3v) is 7.10. The van der Waals surface area contributed by atoms with E-state index in [-0.39, 0.29) is 0 Å². The molecular formula is C14H27NS3. The van der Waals surface area contributed by atoms with E-state index >= 15 is 0 Å². The molecule has 3 heterocycles. The van der Waals surface area contributed by atoms with Gasteiger partial charge in [-0.25, -0.2) is 0 Å². The number of hydrogen-bond donors (Lipinski definition) is 0. The van der Waals surface area contributed by atoms with Crippen LogP contribution in [0.1, 0.15) is 26.2 Å². The van der Waals surface area contributed by atoms with Gasteiger partial charge < -0.3 is 4.90 Å². The van der Waals surface area contributed by atoms with E-state index in [1.54, 1.807) is 0 Å². The van der Waals surface area contributed by atoms with Crippen molar-refractivity contribution in [2.45, 2.75) is 26.2 Å². The molecule has 0 aromatic rings. The lowest BCUT2D eigenvalue weighted by Gasteiger charge is -2.32. The van der Waals surface area contributed by atoms with Crippen molar-refractivity contribution < 1.29 is 0 Å². The molecule has 3 aliphatic rings. The normalized spacial score (nSPS) is 36.8. The summed E-state index contributed by atoms with van der Waals surface area (Å²) >= 11 is 6.55. The van der Waals surface area contributed by atoms with E-state index in [0.717, 1.165) is 0 Å². The van der Waals surface area contributed by atoms with Gasteiger partial charge in [0.1, 0.15) is 0 Å². The number of fused-ring (bicyclic) bond motifs is 12. The van der Waals surface area contributed by atoms with E-state index in [1.165, 1.54) is 73.4 Å². The number of hydrogen-bond acceptors (Lipinski definition) is 4. The minimum absolute atomic E-state index is 0.616. The fraction of sp³-hybridized carbons (Fsp3) is 1.00. The Balaban J connectivity index is 1.99. The van der Waals surface area contributed by atoms with Gasteiger partial charge in [-0.1, -0.05) is 6.92 Å². The van der Waals surface area contributed by atoms with Crippen LogP contribution in [0.5, 0.6) is 0 Å². The summed E-state index contributed by atoms with van der Waals surface area (Å²) in [7, 11) is 0. The third-order valence-electron chi connectivity index (χ3n) is 4.21. The zero-order valence-corrected chi connectivity index (χ0v) is 14.1. The third kappa shape index (κ3) is 5.56. The Hall–Kier alpha value is 1.01. The number of nitrogens with zero attached hydrogens (tertiary/aromatic N) is 1. The molecule has 0 aliphatic carbocycles. The van der Waals surface area contributed by atoms with Crippen molar-refractivity contribution in [3.8, 4) is 0 Å². The molecule has 0 N–H and O–H groups in total. The van der Waals surface area contributed by atoms with Crippen LogP contribution in [0.2, 0.25) is 0 Å². The van der Waals surface area contributed by atoms with Crippen LogP contribution in [-0.2, 0) is 0 Å². The minimum atomic E-state index is 0.616. The fourth-order valence-electron chi connectivity index (χ4n) is 2.55. The molecule has 0 spiro atoms. The average Bonchev–Trinajstić information content (AvgIpc) is 2.32. The second-order valence-corrected chi connectivity index (χ2v) is 9.41. The zero-order chi connectivity index (χ0) is 12.7. The maximum Gasteiger partial charge on any atom is 0.00730 e. The van der Waals surface area contributed by atoms with Crippen LogP contribution in [0, 0.1) is 5.41 Å². The summed E-state index contributed by atoms with van der Waals surface area (Å²) in [6.07, 6.45) is 4.29. The molecule has 4 heteroatoms. The smallest absolute Gasteiger partial charge is 0.00730 e. The maximum absolute atomic E-state index is 2.69. The van der Waals surface area contributed by atoms with E-state index in [0.29, 0.717) is 5.41 Å². The molecule has 1 nitrogen and oxygen atoms in total. The maximum atomic E-state index is 2.69. The van der Waals surface area contributed by atoms with Crippen LogP contribution in [0.25, 0.3) is 0 Å². The topological polar surface area (TPSA) is 3.24 Å². The van der Waals surface area contributed by atoms with Crippen LogP contribution < -0.4 is 0 Å². The van der Waals surface area contributed by atoms with Gasteiger partial charge >= 0.3 is 0 Å². The minimum Gasteiger partial charge on any atom is -0.301 e. The first-order valence-corrected chi connectivity index (χ1v) is 10.7. The largest absolute Gasteiger partial charge is 0.301 e. The molecule has 0 radical (unpaired) electrons. The van der Waals surface area contributed by atoms with Gasteiger partial charge in [0.05, 0.1) is 0 Å².